The number of hydrogen-bond donors (Lipinski definition) is 0. The van der Waals surface area contributed by atoms with Crippen LogP contribution in [0, 0.1) is 0 Å². The highest BCUT2D eigenvalue weighted by Crippen LogP contribution is 2.40. The molecular formula is C12H9F3N2. The van der Waals surface area contributed by atoms with Crippen LogP contribution in [0.5, 0.6) is 0 Å². The lowest BCUT2D eigenvalue weighted by Gasteiger charge is -2.23. The largest absolute Gasteiger partial charge is 0.484 e. The average molecular weight is 238 g/mol. The van der Waals surface area contributed by atoms with Gasteiger partial charge in [-0.1, -0.05) is 18.2 Å². The van der Waals surface area contributed by atoms with Crippen LogP contribution in [0.25, 0.3) is 10.9 Å². The minimum atomic E-state index is -4.32. The minimum absolute atomic E-state index is 0.0193. The molecule has 0 fully saturated rings. The van der Waals surface area contributed by atoms with Gasteiger partial charge in [0.05, 0.1) is 11.2 Å². The predicted molar refractivity (Wildman–Crippen MR) is 58.8 cm³/mol. The van der Waals surface area contributed by atoms with E-state index in [0.717, 1.165) is 0 Å². The van der Waals surface area contributed by atoms with Crippen molar-refractivity contribution >= 4 is 16.6 Å². The number of nitrogens with zero attached hydrogens (tertiary/aromatic N) is 2. The Kier molecular flexibility index (Phi) is 2.05. The van der Waals surface area contributed by atoms with Crippen LogP contribution in [0.15, 0.2) is 30.5 Å². The van der Waals surface area contributed by atoms with Crippen molar-refractivity contribution in [1.29, 1.82) is 0 Å². The summed E-state index contributed by atoms with van der Waals surface area (Å²) >= 11 is 0. The molecule has 1 aromatic carbocycles. The highest BCUT2D eigenvalue weighted by molar-refractivity contribution is 5.94. The molecule has 0 saturated carbocycles. The number of fused-ring (bicyclic) bond motifs is 3. The van der Waals surface area contributed by atoms with Crippen LogP contribution in [0.3, 0.4) is 0 Å². The second kappa shape index (κ2) is 3.35. The highest BCUT2D eigenvalue weighted by atomic mass is 19.4. The van der Waals surface area contributed by atoms with E-state index in [1.54, 1.807) is 30.5 Å². The van der Waals surface area contributed by atoms with Crippen LogP contribution >= 0.6 is 0 Å². The molecule has 0 saturated heterocycles. The molecular weight excluding hydrogens is 229 g/mol. The van der Waals surface area contributed by atoms with Crippen LogP contribution in [0.4, 0.5) is 18.9 Å². The fraction of sp³-hybridized carbons (Fsp3) is 0.250. The molecule has 88 valence electrons. The van der Waals surface area contributed by atoms with Gasteiger partial charge in [0, 0.05) is 18.1 Å². The van der Waals surface area contributed by atoms with E-state index in [1.165, 1.54) is 0 Å². The number of halogens is 3. The molecule has 0 amide bonds. The zero-order valence-corrected chi connectivity index (χ0v) is 8.83. The molecule has 0 atom stereocenters. The van der Waals surface area contributed by atoms with Gasteiger partial charge in [-0.2, -0.15) is 13.2 Å². The van der Waals surface area contributed by atoms with Crippen molar-refractivity contribution in [3.8, 4) is 0 Å². The zero-order valence-electron chi connectivity index (χ0n) is 8.83. The molecule has 1 aromatic heterocycles. The van der Waals surface area contributed by atoms with Gasteiger partial charge in [0.2, 0.25) is 0 Å². The maximum absolute atomic E-state index is 12.9. The summed E-state index contributed by atoms with van der Waals surface area (Å²) in [6, 6.07) is 6.92. The van der Waals surface area contributed by atoms with Crippen molar-refractivity contribution in [1.82, 2.24) is 4.98 Å². The van der Waals surface area contributed by atoms with Crippen LogP contribution < -0.4 is 4.90 Å². The summed E-state index contributed by atoms with van der Waals surface area (Å²) < 4.78 is 38.6. The molecule has 1 aliphatic rings. The van der Waals surface area contributed by atoms with Crippen molar-refractivity contribution in [2.24, 2.45) is 0 Å². The third kappa shape index (κ3) is 1.53. The van der Waals surface area contributed by atoms with Crippen molar-refractivity contribution in [3.63, 3.8) is 0 Å². The maximum Gasteiger partial charge on any atom is 0.484 e. The third-order valence-electron chi connectivity index (χ3n) is 3.00. The minimum Gasteiger partial charge on any atom is -0.283 e. The first-order valence-electron chi connectivity index (χ1n) is 5.28. The second-order valence-corrected chi connectivity index (χ2v) is 4.02. The first kappa shape index (κ1) is 10.4. The Labute approximate surface area is 95.7 Å². The van der Waals surface area contributed by atoms with E-state index in [4.69, 9.17) is 0 Å². The van der Waals surface area contributed by atoms with Crippen molar-refractivity contribution in [2.45, 2.75) is 12.7 Å². The smallest absolute Gasteiger partial charge is 0.283 e. The van der Waals surface area contributed by atoms with Gasteiger partial charge in [0.1, 0.15) is 0 Å². The maximum atomic E-state index is 12.9. The summed E-state index contributed by atoms with van der Waals surface area (Å²) in [5.41, 5.74) is 1.53. The lowest BCUT2D eigenvalue weighted by molar-refractivity contribution is -0.127. The van der Waals surface area contributed by atoms with Gasteiger partial charge in [-0.3, -0.25) is 9.88 Å². The second-order valence-electron chi connectivity index (χ2n) is 4.02. The molecule has 1 aliphatic heterocycles. The van der Waals surface area contributed by atoms with Crippen molar-refractivity contribution < 1.29 is 13.2 Å². The fourth-order valence-corrected chi connectivity index (χ4v) is 2.27. The molecule has 3 rings (SSSR count). The summed E-state index contributed by atoms with van der Waals surface area (Å²) in [6.07, 6.45) is -2.38. The standard InChI is InChI=1S/C12H9F3N2/c13-12(14,15)17-6-5-8-7-16-10-4-2-1-3-9(10)11(8)17/h1-4,7H,5-6H2. The lowest BCUT2D eigenvalue weighted by atomic mass is 10.1. The molecule has 0 radical (unpaired) electrons. The van der Waals surface area contributed by atoms with Crippen molar-refractivity contribution in [2.75, 3.05) is 11.4 Å². The molecule has 0 unspecified atom stereocenters. The number of benzene rings is 1. The highest BCUT2D eigenvalue weighted by Gasteiger charge is 2.41. The SMILES string of the molecule is FC(F)(F)N1CCc2cnc3ccccc3c21. The van der Waals surface area contributed by atoms with Gasteiger partial charge >= 0.3 is 6.30 Å². The molecule has 2 nitrogen and oxygen atoms in total. The Morgan fingerprint density at radius 1 is 1.18 bits per heavy atom. The van der Waals surface area contributed by atoms with E-state index in [0.29, 0.717) is 27.8 Å². The summed E-state index contributed by atoms with van der Waals surface area (Å²) in [6.45, 7) is -0.0193. The van der Waals surface area contributed by atoms with E-state index in [1.807, 2.05) is 0 Å². The first-order valence-corrected chi connectivity index (χ1v) is 5.28. The Morgan fingerprint density at radius 2 is 1.94 bits per heavy atom. The topological polar surface area (TPSA) is 16.1 Å². The van der Waals surface area contributed by atoms with Crippen LogP contribution in [-0.2, 0) is 6.42 Å². The summed E-state index contributed by atoms with van der Waals surface area (Å²) in [5.74, 6) is 0. The quantitative estimate of drug-likeness (QED) is 0.655. The summed E-state index contributed by atoms with van der Waals surface area (Å²) in [4.78, 5) is 4.68. The molecule has 2 heterocycles. The van der Waals surface area contributed by atoms with Gasteiger partial charge in [-0.15, -0.1) is 0 Å². The first-order chi connectivity index (χ1) is 8.07. The van der Waals surface area contributed by atoms with Crippen molar-refractivity contribution in [3.05, 3.63) is 36.0 Å². The van der Waals surface area contributed by atoms with E-state index < -0.39 is 6.30 Å². The summed E-state index contributed by atoms with van der Waals surface area (Å²) in [5, 5.41) is 0.569. The molecule has 0 N–H and O–H groups in total. The van der Waals surface area contributed by atoms with Gasteiger partial charge in [-0.05, 0) is 18.1 Å². The Bertz CT molecular complexity index is 577. The number of rotatable bonds is 0. The van der Waals surface area contributed by atoms with Crippen LogP contribution in [-0.4, -0.2) is 17.8 Å². The van der Waals surface area contributed by atoms with Gasteiger partial charge < -0.3 is 0 Å². The van der Waals surface area contributed by atoms with E-state index in [9.17, 15) is 13.2 Å². The van der Waals surface area contributed by atoms with E-state index >= 15 is 0 Å². The average Bonchev–Trinajstić information content (AvgIpc) is 2.72. The van der Waals surface area contributed by atoms with Crippen LogP contribution in [0.2, 0.25) is 0 Å². The Morgan fingerprint density at radius 3 is 2.71 bits per heavy atom. The molecule has 2 aromatic rings. The van der Waals surface area contributed by atoms with E-state index in [2.05, 4.69) is 4.98 Å². The monoisotopic (exact) mass is 238 g/mol. The van der Waals surface area contributed by atoms with E-state index in [-0.39, 0.29) is 12.2 Å². The Balaban J connectivity index is 2.28. The predicted octanol–water partition coefficient (Wildman–Crippen LogP) is 3.12. The molecule has 0 aliphatic carbocycles. The number of para-hydroxylation sites is 1. The van der Waals surface area contributed by atoms with Gasteiger partial charge in [0.15, 0.2) is 0 Å². The zero-order chi connectivity index (χ0) is 12.0. The number of aromatic nitrogens is 1. The number of alkyl halides is 3. The Hall–Kier alpha value is -1.78. The fourth-order valence-electron chi connectivity index (χ4n) is 2.27. The number of anilines is 1. The molecule has 0 bridgehead atoms. The number of pyridine rings is 1. The third-order valence-corrected chi connectivity index (χ3v) is 3.00. The molecule has 0 spiro atoms. The number of hydrogen-bond acceptors (Lipinski definition) is 2. The normalized spacial score (nSPS) is 15.4. The lowest BCUT2D eigenvalue weighted by Crippen LogP contribution is -2.36. The van der Waals surface area contributed by atoms with Gasteiger partial charge in [-0.25, -0.2) is 0 Å². The molecule has 5 heteroatoms. The summed E-state index contributed by atoms with van der Waals surface area (Å²) in [7, 11) is 0. The van der Waals surface area contributed by atoms with Crippen LogP contribution in [0.1, 0.15) is 5.56 Å². The molecule has 17 heavy (non-hydrogen) atoms. The van der Waals surface area contributed by atoms with Gasteiger partial charge in [0.25, 0.3) is 0 Å².